The normalized spacial score (nSPS) is 16.7. The molecule has 1 N–H and O–H groups in total. The van der Waals surface area contributed by atoms with Crippen molar-refractivity contribution in [3.63, 3.8) is 0 Å². The maximum Gasteiger partial charge on any atom is 0.309 e. The highest BCUT2D eigenvalue weighted by molar-refractivity contribution is 5.86. The van der Waals surface area contributed by atoms with Crippen LogP contribution in [0.15, 0.2) is 24.3 Å². The molecule has 0 aliphatic carbocycles. The first-order chi connectivity index (χ1) is 12.3. The van der Waals surface area contributed by atoms with Crippen molar-refractivity contribution in [2.45, 2.75) is 39.8 Å². The Morgan fingerprint density at radius 2 is 1.73 bits per heavy atom. The van der Waals surface area contributed by atoms with E-state index in [2.05, 4.69) is 24.1 Å². The fourth-order valence-electron chi connectivity index (χ4n) is 2.83. The number of hydrogen-bond acceptors (Lipinski definition) is 5. The molecule has 1 saturated heterocycles. The molecule has 144 valence electrons. The van der Waals surface area contributed by atoms with Gasteiger partial charge in [0.2, 0.25) is 6.10 Å². The van der Waals surface area contributed by atoms with Gasteiger partial charge in [-0.2, -0.15) is 0 Å². The Hall–Kier alpha value is -2.08. The predicted molar refractivity (Wildman–Crippen MR) is 103 cm³/mol. The molecule has 1 aliphatic heterocycles. The summed E-state index contributed by atoms with van der Waals surface area (Å²) in [5.41, 5.74) is 1.61. The minimum absolute atomic E-state index is 0.145. The summed E-state index contributed by atoms with van der Waals surface area (Å²) in [4.78, 5) is 29.3. The van der Waals surface area contributed by atoms with E-state index in [1.807, 2.05) is 31.3 Å². The SMILES string of the molecule is CC(C)Nc1cccc(C(OC(=O)C(C)C)C(=O)N2CCN(C)CC2)c1. The second-order valence-corrected chi connectivity index (χ2v) is 7.52. The van der Waals surface area contributed by atoms with Crippen molar-refractivity contribution in [2.75, 3.05) is 38.5 Å². The van der Waals surface area contributed by atoms with Crippen LogP contribution in [-0.2, 0) is 14.3 Å². The second kappa shape index (κ2) is 9.03. The molecule has 6 nitrogen and oxygen atoms in total. The Balaban J connectivity index is 2.25. The van der Waals surface area contributed by atoms with Crippen molar-refractivity contribution in [3.05, 3.63) is 29.8 Å². The highest BCUT2D eigenvalue weighted by Gasteiger charge is 2.31. The number of rotatable bonds is 6. The molecule has 1 aliphatic rings. The van der Waals surface area contributed by atoms with Gasteiger partial charge in [-0.3, -0.25) is 9.59 Å². The number of ether oxygens (including phenoxy) is 1. The number of esters is 1. The number of amides is 1. The van der Waals surface area contributed by atoms with Gasteiger partial charge in [-0.15, -0.1) is 0 Å². The molecule has 0 radical (unpaired) electrons. The van der Waals surface area contributed by atoms with Crippen LogP contribution in [0.3, 0.4) is 0 Å². The molecule has 0 aromatic heterocycles. The van der Waals surface area contributed by atoms with Crippen LogP contribution in [0.1, 0.15) is 39.4 Å². The summed E-state index contributed by atoms with van der Waals surface area (Å²) >= 11 is 0. The summed E-state index contributed by atoms with van der Waals surface area (Å²) in [6, 6.07) is 7.85. The lowest BCUT2D eigenvalue weighted by molar-refractivity contribution is -0.164. The maximum absolute atomic E-state index is 13.1. The van der Waals surface area contributed by atoms with E-state index in [4.69, 9.17) is 4.74 Å². The topological polar surface area (TPSA) is 61.9 Å². The van der Waals surface area contributed by atoms with Crippen LogP contribution >= 0.6 is 0 Å². The Morgan fingerprint density at radius 3 is 2.31 bits per heavy atom. The molecule has 1 unspecified atom stereocenters. The third-order valence-corrected chi connectivity index (χ3v) is 4.39. The highest BCUT2D eigenvalue weighted by atomic mass is 16.5. The lowest BCUT2D eigenvalue weighted by atomic mass is 10.1. The monoisotopic (exact) mass is 361 g/mol. The van der Waals surface area contributed by atoms with Gasteiger partial charge < -0.3 is 19.9 Å². The third kappa shape index (κ3) is 5.46. The Bertz CT molecular complexity index is 622. The largest absolute Gasteiger partial charge is 0.447 e. The maximum atomic E-state index is 13.1. The molecule has 6 heteroatoms. The number of nitrogens with one attached hydrogen (secondary N) is 1. The lowest BCUT2D eigenvalue weighted by Crippen LogP contribution is -2.49. The molecule has 26 heavy (non-hydrogen) atoms. The van der Waals surface area contributed by atoms with Crippen LogP contribution in [0.25, 0.3) is 0 Å². The summed E-state index contributed by atoms with van der Waals surface area (Å²) in [6.45, 7) is 10.6. The third-order valence-electron chi connectivity index (χ3n) is 4.39. The van der Waals surface area contributed by atoms with Gasteiger partial charge in [0.1, 0.15) is 0 Å². The van der Waals surface area contributed by atoms with E-state index < -0.39 is 6.10 Å². The van der Waals surface area contributed by atoms with Crippen molar-refractivity contribution in [1.82, 2.24) is 9.80 Å². The van der Waals surface area contributed by atoms with Gasteiger partial charge in [0.15, 0.2) is 0 Å². The number of carbonyl (C=O) groups excluding carboxylic acids is 2. The number of hydrogen-bond donors (Lipinski definition) is 1. The van der Waals surface area contributed by atoms with Crippen molar-refractivity contribution in [2.24, 2.45) is 5.92 Å². The second-order valence-electron chi connectivity index (χ2n) is 7.52. The van der Waals surface area contributed by atoms with E-state index in [1.54, 1.807) is 18.7 Å². The van der Waals surface area contributed by atoms with Gasteiger partial charge in [-0.25, -0.2) is 0 Å². The number of benzene rings is 1. The number of carbonyl (C=O) groups is 2. The lowest BCUT2D eigenvalue weighted by Gasteiger charge is -2.34. The van der Waals surface area contributed by atoms with Crippen LogP contribution < -0.4 is 5.32 Å². The predicted octanol–water partition coefficient (Wildman–Crippen LogP) is 2.52. The van der Waals surface area contributed by atoms with Crippen LogP contribution in [0.4, 0.5) is 5.69 Å². The summed E-state index contributed by atoms with van der Waals surface area (Å²) in [5.74, 6) is -0.789. The first-order valence-electron chi connectivity index (χ1n) is 9.32. The van der Waals surface area contributed by atoms with Gasteiger partial charge in [0, 0.05) is 43.5 Å². The zero-order chi connectivity index (χ0) is 19.3. The first-order valence-corrected chi connectivity index (χ1v) is 9.32. The fraction of sp³-hybridized carbons (Fsp3) is 0.600. The molecule has 1 fully saturated rings. The average Bonchev–Trinajstić information content (AvgIpc) is 2.59. The van der Waals surface area contributed by atoms with Crippen LogP contribution in [0.5, 0.6) is 0 Å². The summed E-state index contributed by atoms with van der Waals surface area (Å²) in [6.07, 6.45) is -0.901. The van der Waals surface area contributed by atoms with E-state index in [0.717, 1.165) is 18.8 Å². The van der Waals surface area contributed by atoms with E-state index >= 15 is 0 Å². The smallest absolute Gasteiger partial charge is 0.309 e. The Kier molecular flexibility index (Phi) is 7.03. The number of likely N-dealkylation sites (N-methyl/N-ethyl adjacent to an activating group) is 1. The fourth-order valence-corrected chi connectivity index (χ4v) is 2.83. The Morgan fingerprint density at radius 1 is 1.08 bits per heavy atom. The molecular weight excluding hydrogens is 330 g/mol. The van der Waals surface area contributed by atoms with E-state index in [9.17, 15) is 9.59 Å². The van der Waals surface area contributed by atoms with Gasteiger partial charge in [-0.05, 0) is 33.0 Å². The Labute approximate surface area is 156 Å². The van der Waals surface area contributed by atoms with Gasteiger partial charge in [0.05, 0.1) is 5.92 Å². The molecule has 2 rings (SSSR count). The van der Waals surface area contributed by atoms with E-state index in [1.165, 1.54) is 0 Å². The molecule has 1 heterocycles. The van der Waals surface area contributed by atoms with Gasteiger partial charge in [0.25, 0.3) is 5.91 Å². The van der Waals surface area contributed by atoms with E-state index in [0.29, 0.717) is 18.7 Å². The molecule has 0 saturated carbocycles. The standard InChI is InChI=1S/C20H31N3O3/c1-14(2)20(25)26-18(19(24)23-11-9-22(5)10-12-23)16-7-6-8-17(13-16)21-15(3)4/h6-8,13-15,18,21H,9-12H2,1-5H3. The highest BCUT2D eigenvalue weighted by Crippen LogP contribution is 2.25. The summed E-state index contributed by atoms with van der Waals surface area (Å²) < 4.78 is 5.63. The molecule has 0 spiro atoms. The molecule has 1 amide bonds. The van der Waals surface area contributed by atoms with Crippen molar-refractivity contribution >= 4 is 17.6 Å². The van der Waals surface area contributed by atoms with Gasteiger partial charge >= 0.3 is 5.97 Å². The first kappa shape index (κ1) is 20.2. The number of piperazine rings is 1. The quantitative estimate of drug-likeness (QED) is 0.789. The molecule has 1 atom stereocenters. The minimum atomic E-state index is -0.901. The van der Waals surface area contributed by atoms with Crippen molar-refractivity contribution in [3.8, 4) is 0 Å². The van der Waals surface area contributed by atoms with Crippen LogP contribution in [0.2, 0.25) is 0 Å². The summed E-state index contributed by atoms with van der Waals surface area (Å²) in [7, 11) is 2.04. The molecule has 0 bridgehead atoms. The van der Waals surface area contributed by atoms with Crippen LogP contribution in [0, 0.1) is 5.92 Å². The average molecular weight is 361 g/mol. The van der Waals surface area contributed by atoms with Crippen molar-refractivity contribution in [1.29, 1.82) is 0 Å². The minimum Gasteiger partial charge on any atom is -0.447 e. The number of nitrogens with zero attached hydrogens (tertiary/aromatic N) is 2. The zero-order valence-electron chi connectivity index (χ0n) is 16.5. The summed E-state index contributed by atoms with van der Waals surface area (Å²) in [5, 5.41) is 3.33. The van der Waals surface area contributed by atoms with Gasteiger partial charge in [-0.1, -0.05) is 26.0 Å². The van der Waals surface area contributed by atoms with Crippen molar-refractivity contribution < 1.29 is 14.3 Å². The van der Waals surface area contributed by atoms with E-state index in [-0.39, 0.29) is 23.8 Å². The molecule has 1 aromatic rings. The zero-order valence-corrected chi connectivity index (χ0v) is 16.5. The number of anilines is 1. The van der Waals surface area contributed by atoms with Crippen LogP contribution in [-0.4, -0.2) is 60.9 Å². The molecule has 1 aromatic carbocycles. The molecular formula is C20H31N3O3.